The van der Waals surface area contributed by atoms with E-state index in [1.165, 1.54) is 29.8 Å². The third kappa shape index (κ3) is 5.35. The summed E-state index contributed by atoms with van der Waals surface area (Å²) in [7, 11) is 3.96. The third-order valence-electron chi connectivity index (χ3n) is 3.76. The highest BCUT2D eigenvalue weighted by atomic mass is 19.1. The molecule has 0 radical (unpaired) electrons. The number of nitrogens with zero attached hydrogens (tertiary/aromatic N) is 1. The predicted molar refractivity (Wildman–Crippen MR) is 92.5 cm³/mol. The van der Waals surface area contributed by atoms with Gasteiger partial charge >= 0.3 is 0 Å². The Bertz CT molecular complexity index is 654. The Morgan fingerprint density at radius 3 is 2.33 bits per heavy atom. The number of ether oxygens (including phenoxy) is 1. The van der Waals surface area contributed by atoms with Gasteiger partial charge in [0.1, 0.15) is 11.6 Å². The number of hydrogen-bond donors (Lipinski definition) is 1. The highest BCUT2D eigenvalue weighted by molar-refractivity contribution is 5.77. The van der Waals surface area contributed by atoms with Crippen LogP contribution >= 0.6 is 0 Å². The number of carbonyl (C=O) groups is 1. The maximum absolute atomic E-state index is 12.8. The minimum Gasteiger partial charge on any atom is -0.484 e. The standard InChI is InChI=1S/C19H23FN2O2/c1-14-4-6-15(7-5-14)18(22(2)3)12-21-19(23)13-24-17-10-8-16(20)9-11-17/h4-11,18H,12-13H2,1-3H3,(H,21,23)/t18-/m1/s1. The minimum absolute atomic E-state index is 0.0837. The van der Waals surface area contributed by atoms with E-state index in [1.807, 2.05) is 21.0 Å². The molecular formula is C19H23FN2O2. The maximum atomic E-state index is 12.8. The molecule has 1 N–H and O–H groups in total. The van der Waals surface area contributed by atoms with Crippen LogP contribution in [0.2, 0.25) is 0 Å². The van der Waals surface area contributed by atoms with Gasteiger partial charge in [-0.15, -0.1) is 0 Å². The van der Waals surface area contributed by atoms with Crippen LogP contribution in [0.4, 0.5) is 4.39 Å². The van der Waals surface area contributed by atoms with Gasteiger partial charge in [-0.05, 0) is 50.8 Å². The normalized spacial score (nSPS) is 12.0. The second-order valence-electron chi connectivity index (χ2n) is 5.94. The van der Waals surface area contributed by atoms with Gasteiger partial charge in [0.05, 0.1) is 6.04 Å². The number of benzene rings is 2. The lowest BCUT2D eigenvalue weighted by Gasteiger charge is -2.25. The van der Waals surface area contributed by atoms with Crippen LogP contribution in [0, 0.1) is 12.7 Å². The number of likely N-dealkylation sites (N-methyl/N-ethyl adjacent to an activating group) is 1. The first kappa shape index (κ1) is 17.9. The Balaban J connectivity index is 1.86. The van der Waals surface area contributed by atoms with Crippen molar-refractivity contribution < 1.29 is 13.9 Å². The first-order valence-corrected chi connectivity index (χ1v) is 7.84. The largest absolute Gasteiger partial charge is 0.484 e. The van der Waals surface area contributed by atoms with Gasteiger partial charge < -0.3 is 15.0 Å². The average molecular weight is 330 g/mol. The molecule has 0 aliphatic rings. The molecule has 0 aromatic heterocycles. The summed E-state index contributed by atoms with van der Waals surface area (Å²) in [6.45, 7) is 2.43. The molecule has 0 bridgehead atoms. The van der Waals surface area contributed by atoms with E-state index in [9.17, 15) is 9.18 Å². The Morgan fingerprint density at radius 2 is 1.75 bits per heavy atom. The number of halogens is 1. The van der Waals surface area contributed by atoms with Crippen molar-refractivity contribution in [2.24, 2.45) is 0 Å². The van der Waals surface area contributed by atoms with Gasteiger partial charge in [0.25, 0.3) is 5.91 Å². The summed E-state index contributed by atoms with van der Waals surface area (Å²) in [6, 6.07) is 13.9. The van der Waals surface area contributed by atoms with Crippen LogP contribution in [-0.4, -0.2) is 38.1 Å². The van der Waals surface area contributed by atoms with Crippen molar-refractivity contribution in [3.8, 4) is 5.75 Å². The van der Waals surface area contributed by atoms with Crippen molar-refractivity contribution in [3.05, 3.63) is 65.5 Å². The van der Waals surface area contributed by atoms with Crippen LogP contribution in [0.1, 0.15) is 17.2 Å². The Morgan fingerprint density at radius 1 is 1.12 bits per heavy atom. The Labute approximate surface area is 142 Å². The van der Waals surface area contributed by atoms with Crippen LogP contribution in [-0.2, 0) is 4.79 Å². The van der Waals surface area contributed by atoms with E-state index in [0.717, 1.165) is 5.56 Å². The molecule has 128 valence electrons. The van der Waals surface area contributed by atoms with Crippen molar-refractivity contribution in [2.75, 3.05) is 27.2 Å². The lowest BCUT2D eigenvalue weighted by Crippen LogP contribution is -2.36. The van der Waals surface area contributed by atoms with E-state index < -0.39 is 0 Å². The smallest absolute Gasteiger partial charge is 0.258 e. The molecule has 0 heterocycles. The van der Waals surface area contributed by atoms with Crippen molar-refractivity contribution in [3.63, 3.8) is 0 Å². The molecule has 0 fully saturated rings. The van der Waals surface area contributed by atoms with Crippen LogP contribution in [0.15, 0.2) is 48.5 Å². The fourth-order valence-corrected chi connectivity index (χ4v) is 2.33. The van der Waals surface area contributed by atoms with Crippen LogP contribution in [0.3, 0.4) is 0 Å². The van der Waals surface area contributed by atoms with Crippen molar-refractivity contribution in [1.29, 1.82) is 0 Å². The molecule has 1 amide bonds. The maximum Gasteiger partial charge on any atom is 0.258 e. The molecule has 1 atom stereocenters. The van der Waals surface area contributed by atoms with Gasteiger partial charge in [-0.25, -0.2) is 4.39 Å². The first-order chi connectivity index (χ1) is 11.5. The van der Waals surface area contributed by atoms with E-state index >= 15 is 0 Å². The molecule has 0 spiro atoms. The second-order valence-corrected chi connectivity index (χ2v) is 5.94. The van der Waals surface area contributed by atoms with E-state index in [4.69, 9.17) is 4.74 Å². The number of carbonyl (C=O) groups excluding carboxylic acids is 1. The monoisotopic (exact) mass is 330 g/mol. The molecule has 0 saturated heterocycles. The molecule has 2 rings (SSSR count). The lowest BCUT2D eigenvalue weighted by atomic mass is 10.0. The average Bonchev–Trinajstić information content (AvgIpc) is 2.56. The Kier molecular flexibility index (Phi) is 6.32. The summed E-state index contributed by atoms with van der Waals surface area (Å²) in [6.07, 6.45) is 0. The summed E-state index contributed by atoms with van der Waals surface area (Å²) in [5, 5.41) is 2.88. The number of hydrogen-bond acceptors (Lipinski definition) is 3. The summed E-state index contributed by atoms with van der Waals surface area (Å²) >= 11 is 0. The summed E-state index contributed by atoms with van der Waals surface area (Å²) in [4.78, 5) is 14.0. The third-order valence-corrected chi connectivity index (χ3v) is 3.76. The van der Waals surface area contributed by atoms with E-state index in [-0.39, 0.29) is 24.4 Å². The molecule has 2 aromatic carbocycles. The van der Waals surface area contributed by atoms with E-state index in [2.05, 4.69) is 34.5 Å². The second kappa shape index (κ2) is 8.45. The Hall–Kier alpha value is -2.40. The highest BCUT2D eigenvalue weighted by Crippen LogP contribution is 2.18. The topological polar surface area (TPSA) is 41.6 Å². The fraction of sp³-hybridized carbons (Fsp3) is 0.316. The molecule has 0 aliphatic heterocycles. The number of aryl methyl sites for hydroxylation is 1. The zero-order valence-corrected chi connectivity index (χ0v) is 14.3. The highest BCUT2D eigenvalue weighted by Gasteiger charge is 2.15. The lowest BCUT2D eigenvalue weighted by molar-refractivity contribution is -0.123. The summed E-state index contributed by atoms with van der Waals surface area (Å²) < 4.78 is 18.2. The molecule has 0 unspecified atom stereocenters. The molecule has 24 heavy (non-hydrogen) atoms. The number of rotatable bonds is 7. The zero-order chi connectivity index (χ0) is 17.5. The van der Waals surface area contributed by atoms with Gasteiger partial charge in [-0.1, -0.05) is 29.8 Å². The van der Waals surface area contributed by atoms with Gasteiger partial charge in [-0.3, -0.25) is 4.79 Å². The molecule has 5 heteroatoms. The van der Waals surface area contributed by atoms with Gasteiger partial charge in [-0.2, -0.15) is 0 Å². The zero-order valence-electron chi connectivity index (χ0n) is 14.3. The van der Waals surface area contributed by atoms with Gasteiger partial charge in [0, 0.05) is 6.54 Å². The van der Waals surface area contributed by atoms with Gasteiger partial charge in [0.2, 0.25) is 0 Å². The summed E-state index contributed by atoms with van der Waals surface area (Å²) in [5.74, 6) is -0.0775. The molecule has 0 aliphatic carbocycles. The van der Waals surface area contributed by atoms with E-state index in [0.29, 0.717) is 12.3 Å². The minimum atomic E-state index is -0.335. The summed E-state index contributed by atoms with van der Waals surface area (Å²) in [5.41, 5.74) is 2.35. The number of amides is 1. The van der Waals surface area contributed by atoms with Crippen LogP contribution < -0.4 is 10.1 Å². The predicted octanol–water partition coefficient (Wildman–Crippen LogP) is 2.93. The quantitative estimate of drug-likeness (QED) is 0.849. The SMILES string of the molecule is Cc1ccc([C@@H](CNC(=O)COc2ccc(F)cc2)N(C)C)cc1. The molecule has 0 saturated carbocycles. The number of nitrogens with one attached hydrogen (secondary N) is 1. The van der Waals surface area contributed by atoms with Crippen molar-refractivity contribution in [2.45, 2.75) is 13.0 Å². The molecule has 2 aromatic rings. The van der Waals surface area contributed by atoms with Crippen LogP contribution in [0.5, 0.6) is 5.75 Å². The van der Waals surface area contributed by atoms with Crippen molar-refractivity contribution >= 4 is 5.91 Å². The molecular weight excluding hydrogens is 307 g/mol. The van der Waals surface area contributed by atoms with E-state index in [1.54, 1.807) is 0 Å². The van der Waals surface area contributed by atoms with Gasteiger partial charge in [0.15, 0.2) is 6.61 Å². The fourth-order valence-electron chi connectivity index (χ4n) is 2.33. The van der Waals surface area contributed by atoms with Crippen molar-refractivity contribution in [1.82, 2.24) is 10.2 Å². The first-order valence-electron chi connectivity index (χ1n) is 7.84. The van der Waals surface area contributed by atoms with Crippen LogP contribution in [0.25, 0.3) is 0 Å². The molecule has 4 nitrogen and oxygen atoms in total.